The fourth-order valence-electron chi connectivity index (χ4n) is 2.56. The van der Waals surface area contributed by atoms with Gasteiger partial charge in [0, 0.05) is 26.3 Å². The number of aromatic nitrogens is 2. The predicted octanol–water partition coefficient (Wildman–Crippen LogP) is 2.19. The molecule has 1 saturated carbocycles. The Bertz CT molecular complexity index is 817. The number of carbonyl (C=O) groups excluding carboxylic acids is 1. The standard InChI is InChI=1S/C18H23N3O3S/c1-12(16(22)19-13-8-9-13)25-18-20-15-7-4-3-6-14(15)17(23)21(18)10-5-11-24-2/h3-4,6-7,12-13H,5,8-11H2,1-2H3,(H,19,22)/t12-/m0/s1. The second-order valence-corrected chi connectivity index (χ2v) is 7.57. The SMILES string of the molecule is COCCCn1c(S[C@@H](C)C(=O)NC2CC2)nc2ccccc2c1=O. The van der Waals surface area contributed by atoms with E-state index in [1.807, 2.05) is 25.1 Å². The van der Waals surface area contributed by atoms with Crippen molar-refractivity contribution in [3.63, 3.8) is 0 Å². The lowest BCUT2D eigenvalue weighted by Gasteiger charge is -2.16. The van der Waals surface area contributed by atoms with Crippen LogP contribution < -0.4 is 10.9 Å². The fourth-order valence-corrected chi connectivity index (χ4v) is 3.50. The van der Waals surface area contributed by atoms with E-state index in [9.17, 15) is 9.59 Å². The first-order chi connectivity index (χ1) is 12.1. The van der Waals surface area contributed by atoms with Crippen molar-refractivity contribution in [2.45, 2.75) is 49.2 Å². The molecule has 1 atom stereocenters. The number of benzene rings is 1. The molecule has 6 nitrogen and oxygen atoms in total. The highest BCUT2D eigenvalue weighted by atomic mass is 32.2. The van der Waals surface area contributed by atoms with E-state index in [0.717, 1.165) is 12.8 Å². The van der Waals surface area contributed by atoms with Gasteiger partial charge in [-0.2, -0.15) is 0 Å². The van der Waals surface area contributed by atoms with E-state index in [1.54, 1.807) is 17.7 Å². The molecular formula is C18H23N3O3S. The van der Waals surface area contributed by atoms with Gasteiger partial charge in [0.1, 0.15) is 0 Å². The van der Waals surface area contributed by atoms with Gasteiger partial charge in [-0.25, -0.2) is 4.98 Å². The lowest BCUT2D eigenvalue weighted by Crippen LogP contribution is -2.33. The molecule has 1 aliphatic carbocycles. The van der Waals surface area contributed by atoms with Crippen LogP contribution in [0.1, 0.15) is 26.2 Å². The summed E-state index contributed by atoms with van der Waals surface area (Å²) in [4.78, 5) is 29.7. The van der Waals surface area contributed by atoms with E-state index < -0.39 is 0 Å². The maximum Gasteiger partial charge on any atom is 0.262 e. The van der Waals surface area contributed by atoms with Crippen molar-refractivity contribution >= 4 is 28.6 Å². The number of ether oxygens (including phenoxy) is 1. The van der Waals surface area contributed by atoms with Gasteiger partial charge in [0.15, 0.2) is 5.16 Å². The van der Waals surface area contributed by atoms with E-state index in [2.05, 4.69) is 10.3 Å². The molecule has 0 bridgehead atoms. The van der Waals surface area contributed by atoms with Crippen LogP contribution in [-0.4, -0.2) is 40.5 Å². The number of nitrogens with zero attached hydrogens (tertiary/aromatic N) is 2. The molecule has 1 aromatic carbocycles. The molecule has 0 spiro atoms. The highest BCUT2D eigenvalue weighted by Gasteiger charge is 2.27. The highest BCUT2D eigenvalue weighted by Crippen LogP contribution is 2.25. The fraction of sp³-hybridized carbons (Fsp3) is 0.500. The third kappa shape index (κ3) is 4.41. The second kappa shape index (κ2) is 8.01. The first-order valence-corrected chi connectivity index (χ1v) is 9.43. The van der Waals surface area contributed by atoms with Crippen LogP contribution in [0.25, 0.3) is 10.9 Å². The number of hydrogen-bond acceptors (Lipinski definition) is 5. The molecule has 25 heavy (non-hydrogen) atoms. The van der Waals surface area contributed by atoms with Crippen LogP contribution in [0.2, 0.25) is 0 Å². The molecular weight excluding hydrogens is 338 g/mol. The zero-order chi connectivity index (χ0) is 17.8. The van der Waals surface area contributed by atoms with Gasteiger partial charge in [0.05, 0.1) is 16.2 Å². The van der Waals surface area contributed by atoms with Gasteiger partial charge in [-0.3, -0.25) is 14.2 Å². The molecule has 1 aliphatic rings. The first-order valence-electron chi connectivity index (χ1n) is 8.55. The molecule has 0 unspecified atom stereocenters. The number of fused-ring (bicyclic) bond motifs is 1. The van der Waals surface area contributed by atoms with Gasteiger partial charge in [0.25, 0.3) is 5.56 Å². The monoisotopic (exact) mass is 361 g/mol. The molecule has 1 amide bonds. The van der Waals surface area contributed by atoms with Gasteiger partial charge in [-0.1, -0.05) is 23.9 Å². The number of thioether (sulfide) groups is 1. The number of amides is 1. The predicted molar refractivity (Wildman–Crippen MR) is 99.0 cm³/mol. The lowest BCUT2D eigenvalue weighted by atomic mass is 10.2. The molecule has 1 heterocycles. The van der Waals surface area contributed by atoms with E-state index >= 15 is 0 Å². The zero-order valence-electron chi connectivity index (χ0n) is 14.5. The van der Waals surface area contributed by atoms with Crippen LogP contribution in [0.15, 0.2) is 34.2 Å². The Labute approximate surface area is 151 Å². The van der Waals surface area contributed by atoms with E-state index in [1.165, 1.54) is 11.8 Å². The smallest absolute Gasteiger partial charge is 0.262 e. The van der Waals surface area contributed by atoms with Crippen LogP contribution in [0, 0.1) is 0 Å². The van der Waals surface area contributed by atoms with Gasteiger partial charge < -0.3 is 10.1 Å². The number of para-hydroxylation sites is 1. The Morgan fingerprint density at radius 1 is 1.44 bits per heavy atom. The molecule has 7 heteroatoms. The van der Waals surface area contributed by atoms with Crippen molar-refractivity contribution in [2.75, 3.05) is 13.7 Å². The van der Waals surface area contributed by atoms with Crippen molar-refractivity contribution in [1.29, 1.82) is 0 Å². The van der Waals surface area contributed by atoms with Crippen molar-refractivity contribution in [1.82, 2.24) is 14.9 Å². The normalized spacial score (nSPS) is 15.3. The lowest BCUT2D eigenvalue weighted by molar-refractivity contribution is -0.120. The van der Waals surface area contributed by atoms with Gasteiger partial charge >= 0.3 is 0 Å². The summed E-state index contributed by atoms with van der Waals surface area (Å²) in [5.74, 6) is -0.00153. The summed E-state index contributed by atoms with van der Waals surface area (Å²) < 4.78 is 6.75. The second-order valence-electron chi connectivity index (χ2n) is 6.26. The van der Waals surface area contributed by atoms with Crippen molar-refractivity contribution < 1.29 is 9.53 Å². The van der Waals surface area contributed by atoms with Crippen molar-refractivity contribution in [3.8, 4) is 0 Å². The van der Waals surface area contributed by atoms with Crippen molar-refractivity contribution in [2.24, 2.45) is 0 Å². The number of hydrogen-bond donors (Lipinski definition) is 1. The van der Waals surface area contributed by atoms with Gasteiger partial charge in [-0.15, -0.1) is 0 Å². The van der Waals surface area contributed by atoms with E-state index in [0.29, 0.717) is 41.7 Å². The number of nitrogens with one attached hydrogen (secondary N) is 1. The third-order valence-corrected chi connectivity index (χ3v) is 5.22. The summed E-state index contributed by atoms with van der Waals surface area (Å²) in [6.07, 6.45) is 2.82. The van der Waals surface area contributed by atoms with Crippen LogP contribution in [0.5, 0.6) is 0 Å². The Balaban J connectivity index is 1.88. The van der Waals surface area contributed by atoms with Crippen LogP contribution in [0.4, 0.5) is 0 Å². The molecule has 0 aliphatic heterocycles. The Hall–Kier alpha value is -1.86. The Morgan fingerprint density at radius 2 is 2.20 bits per heavy atom. The molecule has 1 N–H and O–H groups in total. The molecule has 1 fully saturated rings. The van der Waals surface area contributed by atoms with Crippen LogP contribution in [-0.2, 0) is 16.1 Å². The largest absolute Gasteiger partial charge is 0.385 e. The molecule has 1 aromatic heterocycles. The van der Waals surface area contributed by atoms with Gasteiger partial charge in [-0.05, 0) is 38.3 Å². The van der Waals surface area contributed by atoms with Crippen molar-refractivity contribution in [3.05, 3.63) is 34.6 Å². The summed E-state index contributed by atoms with van der Waals surface area (Å²) in [5.41, 5.74) is 0.590. The van der Waals surface area contributed by atoms with Gasteiger partial charge in [0.2, 0.25) is 5.91 Å². The molecule has 3 rings (SSSR count). The Kier molecular flexibility index (Phi) is 5.75. The number of carbonyl (C=O) groups is 1. The average Bonchev–Trinajstić information content (AvgIpc) is 3.41. The maximum atomic E-state index is 12.9. The molecule has 2 aromatic rings. The van der Waals surface area contributed by atoms with Crippen LogP contribution in [0.3, 0.4) is 0 Å². The number of methoxy groups -OCH3 is 1. The average molecular weight is 361 g/mol. The summed E-state index contributed by atoms with van der Waals surface area (Å²) in [5, 5.41) is 3.88. The molecule has 0 saturated heterocycles. The minimum atomic E-state index is -0.303. The molecule has 134 valence electrons. The minimum Gasteiger partial charge on any atom is -0.385 e. The summed E-state index contributed by atoms with van der Waals surface area (Å²) >= 11 is 1.33. The Morgan fingerprint density at radius 3 is 2.92 bits per heavy atom. The minimum absolute atomic E-state index is 0.00153. The summed E-state index contributed by atoms with van der Waals surface area (Å²) in [6, 6.07) is 7.64. The number of rotatable bonds is 8. The highest BCUT2D eigenvalue weighted by molar-refractivity contribution is 8.00. The van der Waals surface area contributed by atoms with E-state index in [-0.39, 0.29) is 16.7 Å². The molecule has 0 radical (unpaired) electrons. The zero-order valence-corrected chi connectivity index (χ0v) is 15.3. The van der Waals surface area contributed by atoms with Crippen LogP contribution >= 0.6 is 11.8 Å². The quantitative estimate of drug-likeness (QED) is 0.443. The van der Waals surface area contributed by atoms with E-state index in [4.69, 9.17) is 4.74 Å². The third-order valence-electron chi connectivity index (χ3n) is 4.13. The maximum absolute atomic E-state index is 12.9. The topological polar surface area (TPSA) is 73.2 Å². The summed E-state index contributed by atoms with van der Waals surface area (Å²) in [7, 11) is 1.64. The first kappa shape index (κ1) is 17.9. The summed E-state index contributed by atoms with van der Waals surface area (Å²) in [6.45, 7) is 2.94.